The van der Waals surface area contributed by atoms with Crippen molar-refractivity contribution in [3.63, 3.8) is 0 Å². The number of amides is 1. The van der Waals surface area contributed by atoms with Crippen molar-refractivity contribution in [1.82, 2.24) is 9.55 Å². The Hall–Kier alpha value is -3.32. The van der Waals surface area contributed by atoms with Gasteiger partial charge in [-0.05, 0) is 30.3 Å². The van der Waals surface area contributed by atoms with Crippen molar-refractivity contribution in [1.29, 1.82) is 5.26 Å². The third kappa shape index (κ3) is 4.34. The molecule has 0 radical (unpaired) electrons. The summed E-state index contributed by atoms with van der Waals surface area (Å²) >= 11 is 7.16. The summed E-state index contributed by atoms with van der Waals surface area (Å²) in [7, 11) is 1.54. The van der Waals surface area contributed by atoms with Crippen LogP contribution in [0.5, 0.6) is 0 Å². The largest absolute Gasteiger partial charge is 0.443 e. The summed E-state index contributed by atoms with van der Waals surface area (Å²) in [6.45, 7) is 0.600. The van der Waals surface area contributed by atoms with Crippen LogP contribution in [0.15, 0.2) is 56.8 Å². The Bertz CT molecular complexity index is 1420. The maximum Gasteiger partial charge on any atom is 0.262 e. The number of ether oxygens (including phenoxy) is 1. The molecule has 4 rings (SSSR count). The molecule has 32 heavy (non-hydrogen) atoms. The molecule has 1 N–H and O–H groups in total. The van der Waals surface area contributed by atoms with E-state index >= 15 is 0 Å². The Morgan fingerprint density at radius 3 is 2.91 bits per heavy atom. The standard InChI is InChI=1S/C22H17ClN4O4S/c1-30-9-8-27-21(29)14-7-6-13(23)10-16(14)25-22(27)32-12-19(28)26-20-15-4-2-3-5-17(15)31-18(20)11-24/h2-7,10H,8-9,12H2,1H3,(H,26,28). The van der Waals surface area contributed by atoms with Gasteiger partial charge < -0.3 is 14.5 Å². The summed E-state index contributed by atoms with van der Waals surface area (Å²) in [6.07, 6.45) is 0. The predicted molar refractivity (Wildman–Crippen MR) is 123 cm³/mol. The molecule has 0 fully saturated rings. The lowest BCUT2D eigenvalue weighted by atomic mass is 10.2. The van der Waals surface area contributed by atoms with Gasteiger partial charge in [-0.3, -0.25) is 14.2 Å². The molecule has 0 spiro atoms. The number of halogens is 1. The summed E-state index contributed by atoms with van der Waals surface area (Å²) in [5, 5.41) is 14.0. The molecule has 2 aromatic carbocycles. The van der Waals surface area contributed by atoms with Gasteiger partial charge in [-0.15, -0.1) is 0 Å². The lowest BCUT2D eigenvalue weighted by Crippen LogP contribution is -2.26. The van der Waals surface area contributed by atoms with E-state index < -0.39 is 0 Å². The Labute approximate surface area is 191 Å². The maximum atomic E-state index is 13.0. The molecule has 2 heterocycles. The van der Waals surface area contributed by atoms with Gasteiger partial charge in [0.05, 0.1) is 29.8 Å². The number of methoxy groups -OCH3 is 1. The first kappa shape index (κ1) is 21.9. The molecule has 162 valence electrons. The number of thioether (sulfide) groups is 1. The monoisotopic (exact) mass is 468 g/mol. The van der Waals surface area contributed by atoms with Crippen LogP contribution in [0.2, 0.25) is 5.02 Å². The normalized spacial score (nSPS) is 11.0. The van der Waals surface area contributed by atoms with Crippen LogP contribution in [0.1, 0.15) is 5.76 Å². The van der Waals surface area contributed by atoms with Gasteiger partial charge in [-0.25, -0.2) is 4.98 Å². The quantitative estimate of drug-likeness (QED) is 0.322. The van der Waals surface area contributed by atoms with Crippen LogP contribution < -0.4 is 10.9 Å². The Morgan fingerprint density at radius 2 is 2.12 bits per heavy atom. The molecule has 10 heteroatoms. The molecule has 2 aromatic heterocycles. The lowest BCUT2D eigenvalue weighted by molar-refractivity contribution is -0.113. The van der Waals surface area contributed by atoms with Crippen LogP contribution in [0.4, 0.5) is 5.69 Å². The number of nitriles is 1. The van der Waals surface area contributed by atoms with Crippen molar-refractivity contribution in [3.8, 4) is 6.07 Å². The fraction of sp³-hybridized carbons (Fsp3) is 0.182. The zero-order chi connectivity index (χ0) is 22.7. The van der Waals surface area contributed by atoms with E-state index in [4.69, 9.17) is 20.8 Å². The number of furan rings is 1. The van der Waals surface area contributed by atoms with Gasteiger partial charge in [0.15, 0.2) is 5.16 Å². The molecular formula is C22H17ClN4O4S. The second kappa shape index (κ2) is 9.44. The van der Waals surface area contributed by atoms with E-state index in [-0.39, 0.29) is 29.5 Å². The number of nitrogens with zero attached hydrogens (tertiary/aromatic N) is 3. The average Bonchev–Trinajstić information content (AvgIpc) is 3.14. The summed E-state index contributed by atoms with van der Waals surface area (Å²) in [5.74, 6) is -0.368. The van der Waals surface area contributed by atoms with E-state index in [2.05, 4.69) is 10.3 Å². The minimum Gasteiger partial charge on any atom is -0.443 e. The third-order valence-electron chi connectivity index (χ3n) is 4.70. The van der Waals surface area contributed by atoms with E-state index in [0.29, 0.717) is 44.3 Å². The van der Waals surface area contributed by atoms with Crippen molar-refractivity contribution in [2.24, 2.45) is 0 Å². The number of nitrogens with one attached hydrogen (secondary N) is 1. The fourth-order valence-corrected chi connectivity index (χ4v) is 4.21. The summed E-state index contributed by atoms with van der Waals surface area (Å²) in [4.78, 5) is 30.2. The van der Waals surface area contributed by atoms with E-state index in [9.17, 15) is 14.9 Å². The number of carbonyl (C=O) groups excluding carboxylic acids is 1. The van der Waals surface area contributed by atoms with Crippen LogP contribution in [-0.2, 0) is 16.1 Å². The van der Waals surface area contributed by atoms with E-state index in [1.54, 1.807) is 49.6 Å². The first-order valence-electron chi connectivity index (χ1n) is 9.55. The van der Waals surface area contributed by atoms with Crippen molar-refractivity contribution in [3.05, 3.63) is 63.6 Å². The molecule has 0 atom stereocenters. The van der Waals surface area contributed by atoms with Crippen LogP contribution in [0.3, 0.4) is 0 Å². The van der Waals surface area contributed by atoms with Crippen molar-refractivity contribution in [2.45, 2.75) is 11.7 Å². The van der Waals surface area contributed by atoms with Gasteiger partial charge in [-0.1, -0.05) is 35.5 Å². The van der Waals surface area contributed by atoms with E-state index in [0.717, 1.165) is 11.8 Å². The van der Waals surface area contributed by atoms with Gasteiger partial charge in [0.25, 0.3) is 5.56 Å². The zero-order valence-corrected chi connectivity index (χ0v) is 18.5. The maximum absolute atomic E-state index is 13.0. The summed E-state index contributed by atoms with van der Waals surface area (Å²) in [5.41, 5.74) is 1.04. The zero-order valence-electron chi connectivity index (χ0n) is 16.9. The predicted octanol–water partition coefficient (Wildman–Crippen LogP) is 4.04. The van der Waals surface area contributed by atoms with Crippen LogP contribution in [-0.4, -0.2) is 34.9 Å². The Morgan fingerprint density at radius 1 is 1.31 bits per heavy atom. The van der Waals surface area contributed by atoms with Gasteiger partial charge in [0, 0.05) is 17.5 Å². The minimum atomic E-state index is -0.364. The second-order valence-corrected chi connectivity index (χ2v) is 8.14. The summed E-state index contributed by atoms with van der Waals surface area (Å²) in [6, 6.07) is 13.9. The molecule has 0 aliphatic carbocycles. The van der Waals surface area contributed by atoms with Crippen LogP contribution in [0.25, 0.3) is 21.9 Å². The van der Waals surface area contributed by atoms with Gasteiger partial charge in [0.1, 0.15) is 17.3 Å². The highest BCUT2D eigenvalue weighted by molar-refractivity contribution is 7.99. The topological polar surface area (TPSA) is 110 Å². The number of carbonyl (C=O) groups is 1. The number of anilines is 1. The smallest absolute Gasteiger partial charge is 0.262 e. The number of rotatable bonds is 7. The summed E-state index contributed by atoms with van der Waals surface area (Å²) < 4.78 is 12.1. The van der Waals surface area contributed by atoms with Gasteiger partial charge >= 0.3 is 0 Å². The van der Waals surface area contributed by atoms with E-state index in [1.807, 2.05) is 6.07 Å². The molecule has 0 aliphatic rings. The van der Waals surface area contributed by atoms with Gasteiger partial charge in [0.2, 0.25) is 11.7 Å². The van der Waals surface area contributed by atoms with Gasteiger partial charge in [-0.2, -0.15) is 5.26 Å². The molecular weight excluding hydrogens is 452 g/mol. The van der Waals surface area contributed by atoms with Crippen LogP contribution in [0, 0.1) is 11.3 Å². The molecule has 0 unspecified atom stereocenters. The average molecular weight is 469 g/mol. The molecule has 0 saturated carbocycles. The minimum absolute atomic E-state index is 0.0278. The van der Waals surface area contributed by atoms with E-state index in [1.165, 1.54) is 4.57 Å². The number of hydrogen-bond donors (Lipinski definition) is 1. The van der Waals surface area contributed by atoms with Crippen LogP contribution >= 0.6 is 23.4 Å². The molecule has 4 aromatic rings. The molecule has 1 amide bonds. The first-order chi connectivity index (χ1) is 15.5. The molecule has 0 bridgehead atoms. The second-order valence-electron chi connectivity index (χ2n) is 6.76. The first-order valence-corrected chi connectivity index (χ1v) is 10.9. The Kier molecular flexibility index (Phi) is 6.46. The van der Waals surface area contributed by atoms with Crippen molar-refractivity contribution in [2.75, 3.05) is 24.8 Å². The number of fused-ring (bicyclic) bond motifs is 2. The fourth-order valence-electron chi connectivity index (χ4n) is 3.22. The highest BCUT2D eigenvalue weighted by Crippen LogP contribution is 2.30. The molecule has 0 saturated heterocycles. The number of benzene rings is 2. The van der Waals surface area contributed by atoms with Crippen molar-refractivity contribution >= 4 is 56.8 Å². The van der Waals surface area contributed by atoms with Crippen molar-refractivity contribution < 1.29 is 13.9 Å². The number of aromatic nitrogens is 2. The highest BCUT2D eigenvalue weighted by Gasteiger charge is 2.18. The Balaban J connectivity index is 1.60. The SMILES string of the molecule is COCCn1c(SCC(=O)Nc2c(C#N)oc3ccccc23)nc2cc(Cl)ccc2c1=O. The highest BCUT2D eigenvalue weighted by atomic mass is 35.5. The third-order valence-corrected chi connectivity index (χ3v) is 5.91. The molecule has 8 nitrogen and oxygen atoms in total. The number of hydrogen-bond acceptors (Lipinski definition) is 7. The molecule has 0 aliphatic heterocycles. The lowest BCUT2D eigenvalue weighted by Gasteiger charge is -2.13. The number of para-hydroxylation sites is 1.